The number of carbonyl (C=O) groups is 1. The highest BCUT2D eigenvalue weighted by molar-refractivity contribution is 6.05. The summed E-state index contributed by atoms with van der Waals surface area (Å²) in [4.78, 5) is 13.0. The van der Waals surface area contributed by atoms with E-state index in [-0.39, 0.29) is 5.91 Å². The van der Waals surface area contributed by atoms with Gasteiger partial charge in [-0.15, -0.1) is 0 Å². The first kappa shape index (κ1) is 22.4. The largest absolute Gasteiger partial charge is 0.493 e. The summed E-state index contributed by atoms with van der Waals surface area (Å²) in [6.45, 7) is 11.1. The molecule has 4 nitrogen and oxygen atoms in total. The number of rotatable bonds is 8. The Labute approximate surface area is 185 Å². The summed E-state index contributed by atoms with van der Waals surface area (Å²) in [5.74, 6) is 1.39. The maximum atomic E-state index is 13.0. The van der Waals surface area contributed by atoms with Gasteiger partial charge in [0, 0.05) is 16.8 Å². The summed E-state index contributed by atoms with van der Waals surface area (Å²) in [5, 5.41) is 3.09. The van der Waals surface area contributed by atoms with Gasteiger partial charge in [-0.1, -0.05) is 31.2 Å². The normalized spacial score (nSPS) is 10.6. The van der Waals surface area contributed by atoms with Gasteiger partial charge in [0.1, 0.15) is 18.1 Å². The van der Waals surface area contributed by atoms with Crippen molar-refractivity contribution in [2.24, 2.45) is 0 Å². The van der Waals surface area contributed by atoms with Gasteiger partial charge in [0.15, 0.2) is 0 Å². The van der Waals surface area contributed by atoms with E-state index in [0.29, 0.717) is 18.8 Å². The summed E-state index contributed by atoms with van der Waals surface area (Å²) in [6.07, 6.45) is 0.857. The molecule has 31 heavy (non-hydrogen) atoms. The highest BCUT2D eigenvalue weighted by atomic mass is 16.5. The van der Waals surface area contributed by atoms with E-state index in [1.54, 1.807) is 6.07 Å². The first-order chi connectivity index (χ1) is 14.9. The highest BCUT2D eigenvalue weighted by Crippen LogP contribution is 2.26. The molecular formula is C27H31NO3. The first-order valence-electron chi connectivity index (χ1n) is 10.8. The van der Waals surface area contributed by atoms with Crippen molar-refractivity contribution in [1.29, 1.82) is 0 Å². The Morgan fingerprint density at radius 1 is 0.839 bits per heavy atom. The van der Waals surface area contributed by atoms with E-state index in [9.17, 15) is 4.79 Å². The van der Waals surface area contributed by atoms with Crippen LogP contribution in [0.4, 0.5) is 5.69 Å². The molecule has 4 heteroatoms. The van der Waals surface area contributed by atoms with Crippen molar-refractivity contribution in [3.8, 4) is 11.5 Å². The van der Waals surface area contributed by atoms with E-state index in [1.165, 1.54) is 11.1 Å². The van der Waals surface area contributed by atoms with Crippen LogP contribution in [0, 0.1) is 20.8 Å². The Morgan fingerprint density at radius 2 is 1.65 bits per heavy atom. The van der Waals surface area contributed by atoms with Crippen LogP contribution in [0.3, 0.4) is 0 Å². The number of nitrogens with one attached hydrogen (secondary N) is 1. The smallest absolute Gasteiger partial charge is 0.255 e. The van der Waals surface area contributed by atoms with Crippen molar-refractivity contribution in [1.82, 2.24) is 0 Å². The minimum absolute atomic E-state index is 0.139. The van der Waals surface area contributed by atoms with Crippen molar-refractivity contribution < 1.29 is 14.3 Å². The van der Waals surface area contributed by atoms with Gasteiger partial charge in [-0.2, -0.15) is 0 Å². The van der Waals surface area contributed by atoms with Gasteiger partial charge in [0.25, 0.3) is 5.91 Å². The zero-order chi connectivity index (χ0) is 22.4. The van der Waals surface area contributed by atoms with Crippen LogP contribution in [0.25, 0.3) is 0 Å². The number of aryl methyl sites for hydroxylation is 4. The van der Waals surface area contributed by atoms with Crippen LogP contribution >= 0.6 is 0 Å². The SMILES string of the molecule is CCOc1ccc(C(=O)Nc2c(C)cccc2CC)cc1COc1ccc(C)c(C)c1. The molecule has 0 bridgehead atoms. The number of anilines is 1. The number of para-hydroxylation sites is 1. The molecule has 3 aromatic carbocycles. The van der Waals surface area contributed by atoms with Crippen LogP contribution in [0.15, 0.2) is 54.6 Å². The Bertz CT molecular complexity index is 1070. The molecule has 0 aromatic heterocycles. The molecule has 0 saturated carbocycles. The van der Waals surface area contributed by atoms with E-state index < -0.39 is 0 Å². The van der Waals surface area contributed by atoms with E-state index in [0.717, 1.165) is 40.3 Å². The van der Waals surface area contributed by atoms with Crippen molar-refractivity contribution in [3.05, 3.63) is 88.0 Å². The van der Waals surface area contributed by atoms with E-state index >= 15 is 0 Å². The molecule has 0 saturated heterocycles. The molecule has 0 fully saturated rings. The number of benzene rings is 3. The van der Waals surface area contributed by atoms with Crippen LogP contribution in [0.1, 0.15) is 52.0 Å². The van der Waals surface area contributed by atoms with Gasteiger partial charge in [0.2, 0.25) is 0 Å². The number of hydrogen-bond donors (Lipinski definition) is 1. The van der Waals surface area contributed by atoms with E-state index in [2.05, 4.69) is 26.1 Å². The Kier molecular flexibility index (Phi) is 7.35. The lowest BCUT2D eigenvalue weighted by atomic mass is 10.0. The molecule has 0 heterocycles. The van der Waals surface area contributed by atoms with Crippen molar-refractivity contribution in [3.63, 3.8) is 0 Å². The van der Waals surface area contributed by atoms with Crippen LogP contribution in [-0.4, -0.2) is 12.5 Å². The average Bonchev–Trinajstić information content (AvgIpc) is 2.76. The maximum absolute atomic E-state index is 13.0. The topological polar surface area (TPSA) is 47.6 Å². The van der Waals surface area contributed by atoms with E-state index in [1.807, 2.05) is 62.4 Å². The molecule has 3 aromatic rings. The standard InChI is InChI=1S/C27H31NO3/c1-6-21-10-8-9-19(4)26(21)28-27(29)22-12-14-25(30-7-2)23(16-22)17-31-24-13-11-18(3)20(5)15-24/h8-16H,6-7,17H2,1-5H3,(H,28,29). The molecule has 0 radical (unpaired) electrons. The second-order valence-corrected chi connectivity index (χ2v) is 7.71. The molecule has 0 aliphatic heterocycles. The third-order valence-corrected chi connectivity index (χ3v) is 5.47. The second-order valence-electron chi connectivity index (χ2n) is 7.71. The summed E-state index contributed by atoms with van der Waals surface area (Å²) in [5.41, 5.74) is 6.89. The first-order valence-corrected chi connectivity index (χ1v) is 10.8. The minimum Gasteiger partial charge on any atom is -0.493 e. The maximum Gasteiger partial charge on any atom is 0.255 e. The van der Waals surface area contributed by atoms with Crippen molar-refractivity contribution in [2.75, 3.05) is 11.9 Å². The molecule has 3 rings (SSSR count). The minimum atomic E-state index is -0.139. The van der Waals surface area contributed by atoms with Gasteiger partial charge in [-0.25, -0.2) is 0 Å². The van der Waals surface area contributed by atoms with E-state index in [4.69, 9.17) is 9.47 Å². The molecule has 1 N–H and O–H groups in total. The third kappa shape index (κ3) is 5.46. The Balaban J connectivity index is 1.83. The fourth-order valence-electron chi connectivity index (χ4n) is 3.48. The number of carbonyl (C=O) groups excluding carboxylic acids is 1. The lowest BCUT2D eigenvalue weighted by Gasteiger charge is -2.16. The quantitative estimate of drug-likeness (QED) is 0.461. The monoisotopic (exact) mass is 417 g/mol. The van der Waals surface area contributed by atoms with Gasteiger partial charge < -0.3 is 14.8 Å². The van der Waals surface area contributed by atoms with Gasteiger partial charge in [-0.05, 0) is 86.7 Å². The molecular weight excluding hydrogens is 386 g/mol. The van der Waals surface area contributed by atoms with Crippen LogP contribution in [-0.2, 0) is 13.0 Å². The highest BCUT2D eigenvalue weighted by Gasteiger charge is 2.14. The second kappa shape index (κ2) is 10.2. The summed E-state index contributed by atoms with van der Waals surface area (Å²) < 4.78 is 11.8. The number of hydrogen-bond acceptors (Lipinski definition) is 3. The van der Waals surface area contributed by atoms with Crippen molar-refractivity contribution >= 4 is 11.6 Å². The molecule has 0 unspecified atom stereocenters. The summed E-state index contributed by atoms with van der Waals surface area (Å²) in [6, 6.07) is 17.6. The van der Waals surface area contributed by atoms with Crippen LogP contribution < -0.4 is 14.8 Å². The zero-order valence-corrected chi connectivity index (χ0v) is 19.0. The Morgan fingerprint density at radius 3 is 2.35 bits per heavy atom. The van der Waals surface area contributed by atoms with Gasteiger partial charge in [0.05, 0.1) is 6.61 Å². The van der Waals surface area contributed by atoms with Gasteiger partial charge >= 0.3 is 0 Å². The summed E-state index contributed by atoms with van der Waals surface area (Å²) in [7, 11) is 0. The summed E-state index contributed by atoms with van der Waals surface area (Å²) >= 11 is 0. The molecule has 0 spiro atoms. The fraction of sp³-hybridized carbons (Fsp3) is 0.296. The lowest BCUT2D eigenvalue weighted by Crippen LogP contribution is -2.15. The molecule has 0 aliphatic carbocycles. The fourth-order valence-corrected chi connectivity index (χ4v) is 3.48. The number of amides is 1. The molecule has 162 valence electrons. The Hall–Kier alpha value is -3.27. The van der Waals surface area contributed by atoms with Crippen LogP contribution in [0.2, 0.25) is 0 Å². The van der Waals surface area contributed by atoms with Crippen molar-refractivity contribution in [2.45, 2.75) is 47.6 Å². The molecule has 1 amide bonds. The molecule has 0 aliphatic rings. The number of ether oxygens (including phenoxy) is 2. The predicted molar refractivity (Wildman–Crippen MR) is 126 cm³/mol. The average molecular weight is 418 g/mol. The lowest BCUT2D eigenvalue weighted by molar-refractivity contribution is 0.102. The predicted octanol–water partition coefficient (Wildman–Crippen LogP) is 6.40. The van der Waals surface area contributed by atoms with Crippen LogP contribution in [0.5, 0.6) is 11.5 Å². The zero-order valence-electron chi connectivity index (χ0n) is 19.0. The molecule has 0 atom stereocenters. The third-order valence-electron chi connectivity index (χ3n) is 5.47. The van der Waals surface area contributed by atoms with Gasteiger partial charge in [-0.3, -0.25) is 4.79 Å².